The van der Waals surface area contributed by atoms with Crippen LogP contribution in [0.4, 0.5) is 8.78 Å². The molecule has 0 saturated heterocycles. The second-order valence-electron chi connectivity index (χ2n) is 5.41. The van der Waals surface area contributed by atoms with Gasteiger partial charge < -0.3 is 0 Å². The summed E-state index contributed by atoms with van der Waals surface area (Å²) in [5.41, 5.74) is 2.68. The van der Waals surface area contributed by atoms with Crippen molar-refractivity contribution in [3.63, 3.8) is 0 Å². The van der Waals surface area contributed by atoms with Crippen molar-refractivity contribution in [2.75, 3.05) is 0 Å². The van der Waals surface area contributed by atoms with Gasteiger partial charge in [-0.25, -0.2) is 8.78 Å². The van der Waals surface area contributed by atoms with Crippen molar-refractivity contribution in [2.24, 2.45) is 0 Å². The van der Waals surface area contributed by atoms with E-state index in [2.05, 4.69) is 39.0 Å². The van der Waals surface area contributed by atoms with Crippen LogP contribution >= 0.6 is 15.9 Å². The Bertz CT molecular complexity index is 451. The van der Waals surface area contributed by atoms with Crippen LogP contribution in [0.15, 0.2) is 22.7 Å². The number of hydrogen-bond acceptors (Lipinski definition) is 1. The minimum absolute atomic E-state index is 0.0498. The quantitative estimate of drug-likeness (QED) is 0.745. The van der Waals surface area contributed by atoms with Gasteiger partial charge in [-0.2, -0.15) is 0 Å². The Morgan fingerprint density at radius 3 is 2.50 bits per heavy atom. The van der Waals surface area contributed by atoms with Crippen LogP contribution in [0.25, 0.3) is 0 Å². The molecule has 0 N–H and O–H groups in total. The minimum atomic E-state index is -2.42. The predicted octanol–water partition coefficient (Wildman–Crippen LogP) is 4.34. The summed E-state index contributed by atoms with van der Waals surface area (Å²) < 4.78 is 27.4. The van der Waals surface area contributed by atoms with Gasteiger partial charge in [0.25, 0.3) is 0 Å². The number of hydrogen-bond donors (Lipinski definition) is 0. The number of nitrogens with zero attached hydrogens (tertiary/aromatic N) is 1. The fraction of sp³-hybridized carbons (Fsp3) is 0.571. The molecule has 0 aromatic heterocycles. The molecule has 1 heterocycles. The first kappa shape index (κ1) is 12.5. The molecule has 1 aromatic carbocycles. The summed E-state index contributed by atoms with van der Waals surface area (Å²) in [4.78, 5) is 2.35. The number of rotatable bonds is 1. The zero-order valence-electron chi connectivity index (χ0n) is 10.1. The molecule has 2 aliphatic rings. The van der Waals surface area contributed by atoms with Crippen molar-refractivity contribution in [1.82, 2.24) is 4.90 Å². The smallest absolute Gasteiger partial charge is 0.248 e. The SMILES string of the molecule is FC1(F)CCC(N2Cc3ccc(Br)cc3C2)CC1. The van der Waals surface area contributed by atoms with Gasteiger partial charge >= 0.3 is 0 Å². The Morgan fingerprint density at radius 1 is 1.11 bits per heavy atom. The van der Waals surface area contributed by atoms with Crippen LogP contribution in [-0.2, 0) is 13.1 Å². The molecule has 1 aliphatic carbocycles. The standard InChI is InChI=1S/C14H16BrF2N/c15-12-2-1-10-8-18(9-11(10)7-12)13-3-5-14(16,17)6-4-13/h1-2,7,13H,3-6,8-9H2. The molecule has 1 aromatic rings. The maximum atomic E-state index is 13.2. The van der Waals surface area contributed by atoms with Crippen LogP contribution in [-0.4, -0.2) is 16.9 Å². The lowest BCUT2D eigenvalue weighted by Crippen LogP contribution is -2.37. The van der Waals surface area contributed by atoms with Crippen LogP contribution < -0.4 is 0 Å². The maximum absolute atomic E-state index is 13.2. The summed E-state index contributed by atoms with van der Waals surface area (Å²) in [5, 5.41) is 0. The van der Waals surface area contributed by atoms with Gasteiger partial charge in [0, 0.05) is 36.4 Å². The molecule has 1 saturated carbocycles. The van der Waals surface area contributed by atoms with Crippen molar-refractivity contribution >= 4 is 15.9 Å². The molecular weight excluding hydrogens is 300 g/mol. The Balaban J connectivity index is 1.68. The Morgan fingerprint density at radius 2 is 1.78 bits per heavy atom. The van der Waals surface area contributed by atoms with E-state index < -0.39 is 5.92 Å². The lowest BCUT2D eigenvalue weighted by Gasteiger charge is -2.34. The zero-order valence-corrected chi connectivity index (χ0v) is 11.7. The third-order valence-electron chi connectivity index (χ3n) is 4.12. The molecule has 0 amide bonds. The van der Waals surface area contributed by atoms with Gasteiger partial charge in [-0.1, -0.05) is 22.0 Å². The highest BCUT2D eigenvalue weighted by atomic mass is 79.9. The molecule has 0 unspecified atom stereocenters. The van der Waals surface area contributed by atoms with Crippen LogP contribution in [0.3, 0.4) is 0 Å². The first-order chi connectivity index (χ1) is 8.53. The number of fused-ring (bicyclic) bond motifs is 1. The van der Waals surface area contributed by atoms with Gasteiger partial charge in [0.15, 0.2) is 0 Å². The number of benzene rings is 1. The van der Waals surface area contributed by atoms with Crippen molar-refractivity contribution in [3.8, 4) is 0 Å². The monoisotopic (exact) mass is 315 g/mol. The third kappa shape index (κ3) is 2.45. The van der Waals surface area contributed by atoms with Crippen LogP contribution in [0.1, 0.15) is 36.8 Å². The van der Waals surface area contributed by atoms with E-state index in [4.69, 9.17) is 0 Å². The molecule has 0 atom stereocenters. The average molecular weight is 316 g/mol. The van der Waals surface area contributed by atoms with Gasteiger partial charge in [0.1, 0.15) is 0 Å². The number of alkyl halides is 2. The highest BCUT2D eigenvalue weighted by molar-refractivity contribution is 9.10. The van der Waals surface area contributed by atoms with Gasteiger partial charge in [-0.15, -0.1) is 0 Å². The molecule has 3 rings (SSSR count). The molecule has 18 heavy (non-hydrogen) atoms. The highest BCUT2D eigenvalue weighted by Gasteiger charge is 2.38. The van der Waals surface area contributed by atoms with Crippen molar-refractivity contribution in [1.29, 1.82) is 0 Å². The predicted molar refractivity (Wildman–Crippen MR) is 70.6 cm³/mol. The summed E-state index contributed by atoms with van der Waals surface area (Å²) in [5.74, 6) is -2.42. The van der Waals surface area contributed by atoms with Gasteiger partial charge in [-0.3, -0.25) is 4.90 Å². The summed E-state index contributed by atoms with van der Waals surface area (Å²) >= 11 is 3.48. The van der Waals surface area contributed by atoms with Crippen molar-refractivity contribution in [2.45, 2.75) is 50.7 Å². The van der Waals surface area contributed by atoms with Crippen LogP contribution in [0.2, 0.25) is 0 Å². The lowest BCUT2D eigenvalue weighted by atomic mass is 9.91. The molecular formula is C14H16BrF2N. The van der Waals surface area contributed by atoms with E-state index >= 15 is 0 Å². The molecule has 98 valence electrons. The van der Waals surface area contributed by atoms with Crippen molar-refractivity contribution in [3.05, 3.63) is 33.8 Å². The van der Waals surface area contributed by atoms with Crippen molar-refractivity contribution < 1.29 is 8.78 Å². The van der Waals surface area contributed by atoms with E-state index in [1.165, 1.54) is 11.1 Å². The molecule has 0 spiro atoms. The summed E-state index contributed by atoms with van der Waals surface area (Å²) in [7, 11) is 0. The molecule has 1 aliphatic heterocycles. The van der Waals surface area contributed by atoms with E-state index in [1.807, 2.05) is 0 Å². The average Bonchev–Trinajstić information content (AvgIpc) is 2.71. The molecule has 4 heteroatoms. The number of halogens is 3. The summed E-state index contributed by atoms with van der Waals surface area (Å²) in [6.45, 7) is 1.82. The molecule has 1 fully saturated rings. The van der Waals surface area contributed by atoms with E-state index in [1.54, 1.807) is 0 Å². The van der Waals surface area contributed by atoms with Gasteiger partial charge in [0.05, 0.1) is 0 Å². The van der Waals surface area contributed by atoms with E-state index in [9.17, 15) is 8.78 Å². The van der Waals surface area contributed by atoms with Crippen LogP contribution in [0.5, 0.6) is 0 Å². The second-order valence-corrected chi connectivity index (χ2v) is 6.32. The topological polar surface area (TPSA) is 3.24 Å². The van der Waals surface area contributed by atoms with Gasteiger partial charge in [0.2, 0.25) is 5.92 Å². The summed E-state index contributed by atoms with van der Waals surface area (Å²) in [6.07, 6.45) is 1.35. The molecule has 0 radical (unpaired) electrons. The largest absolute Gasteiger partial charge is 0.292 e. The first-order valence-corrected chi connectivity index (χ1v) is 7.22. The fourth-order valence-corrected chi connectivity index (χ4v) is 3.45. The highest BCUT2D eigenvalue weighted by Crippen LogP contribution is 2.38. The minimum Gasteiger partial charge on any atom is -0.292 e. The van der Waals surface area contributed by atoms with Gasteiger partial charge in [-0.05, 0) is 36.1 Å². The van der Waals surface area contributed by atoms with Crippen LogP contribution in [0, 0.1) is 0 Å². The first-order valence-electron chi connectivity index (χ1n) is 6.43. The fourth-order valence-electron chi connectivity index (χ4n) is 3.04. The van der Waals surface area contributed by atoms with E-state index in [0.717, 1.165) is 17.6 Å². The lowest BCUT2D eigenvalue weighted by molar-refractivity contribution is -0.0543. The van der Waals surface area contributed by atoms with E-state index in [-0.39, 0.29) is 12.8 Å². The normalized spacial score (nSPS) is 24.2. The van der Waals surface area contributed by atoms with E-state index in [0.29, 0.717) is 18.9 Å². The Kier molecular flexibility index (Phi) is 3.18. The Labute approximate surface area is 114 Å². The molecule has 1 nitrogen and oxygen atoms in total. The third-order valence-corrected chi connectivity index (χ3v) is 4.61. The summed E-state index contributed by atoms with van der Waals surface area (Å²) in [6, 6.07) is 6.66. The maximum Gasteiger partial charge on any atom is 0.248 e. The zero-order chi connectivity index (χ0) is 12.8. The Hall–Kier alpha value is -0.480. The second kappa shape index (κ2) is 4.57. The molecule has 0 bridgehead atoms.